The summed E-state index contributed by atoms with van der Waals surface area (Å²) in [5.41, 5.74) is 0.904. The summed E-state index contributed by atoms with van der Waals surface area (Å²) in [6.07, 6.45) is 1.45. The Morgan fingerprint density at radius 3 is 2.44 bits per heavy atom. The maximum Gasteiger partial charge on any atom is 0.279 e. The maximum absolute atomic E-state index is 12.6. The number of thiophene rings is 1. The zero-order valence-corrected chi connectivity index (χ0v) is 15.5. The van der Waals surface area contributed by atoms with Crippen molar-refractivity contribution >= 4 is 40.5 Å². The lowest BCUT2D eigenvalue weighted by Gasteiger charge is -2.30. The van der Waals surface area contributed by atoms with Crippen molar-refractivity contribution in [2.75, 3.05) is 18.0 Å². The molecule has 0 atom stereocenters. The van der Waals surface area contributed by atoms with E-state index in [1.54, 1.807) is 24.3 Å². The second-order valence-electron chi connectivity index (χ2n) is 6.62. The minimum absolute atomic E-state index is 0.0279. The first-order valence-corrected chi connectivity index (χ1v) is 9.83. The molecule has 0 aliphatic carbocycles. The zero-order valence-electron chi connectivity index (χ0n) is 14.7. The van der Waals surface area contributed by atoms with E-state index in [4.69, 9.17) is 0 Å². The predicted octanol–water partition coefficient (Wildman–Crippen LogP) is 2.76. The van der Waals surface area contributed by atoms with Crippen LogP contribution in [0.3, 0.4) is 0 Å². The Labute approximate surface area is 161 Å². The van der Waals surface area contributed by atoms with E-state index in [9.17, 15) is 14.4 Å². The monoisotopic (exact) mass is 381 g/mol. The van der Waals surface area contributed by atoms with Gasteiger partial charge in [-0.2, -0.15) is 0 Å². The Balaban J connectivity index is 1.41. The molecule has 0 spiro atoms. The Kier molecular flexibility index (Phi) is 4.85. The van der Waals surface area contributed by atoms with Gasteiger partial charge in [0, 0.05) is 13.1 Å². The van der Waals surface area contributed by atoms with Crippen molar-refractivity contribution < 1.29 is 14.4 Å². The number of para-hydroxylation sites is 1. The van der Waals surface area contributed by atoms with E-state index in [2.05, 4.69) is 4.99 Å². The normalized spacial score (nSPS) is 19.9. The predicted molar refractivity (Wildman–Crippen MR) is 104 cm³/mol. The third-order valence-electron chi connectivity index (χ3n) is 4.85. The fraction of sp³-hybridized carbons (Fsp3) is 0.300. The minimum atomic E-state index is -0.330. The molecule has 2 aliphatic rings. The van der Waals surface area contributed by atoms with E-state index < -0.39 is 0 Å². The number of piperidine rings is 1. The van der Waals surface area contributed by atoms with Crippen molar-refractivity contribution in [2.45, 2.75) is 25.3 Å². The number of nitrogens with zero attached hydrogens (tertiary/aromatic N) is 3. The fourth-order valence-corrected chi connectivity index (χ4v) is 4.14. The Bertz CT molecular complexity index is 884. The van der Waals surface area contributed by atoms with Gasteiger partial charge in [-0.15, -0.1) is 11.3 Å². The molecule has 2 aliphatic heterocycles. The number of benzene rings is 1. The van der Waals surface area contributed by atoms with Crippen LogP contribution in [0.1, 0.15) is 28.9 Å². The second kappa shape index (κ2) is 7.44. The quantitative estimate of drug-likeness (QED) is 0.768. The number of aliphatic imine (C=N–C) groups is 1. The van der Waals surface area contributed by atoms with Crippen LogP contribution in [0, 0.1) is 0 Å². The highest BCUT2D eigenvalue weighted by molar-refractivity contribution is 7.12. The van der Waals surface area contributed by atoms with Crippen LogP contribution in [0.15, 0.2) is 52.8 Å². The number of hydrogen-bond donors (Lipinski definition) is 0. The van der Waals surface area contributed by atoms with E-state index >= 15 is 0 Å². The number of likely N-dealkylation sites (tertiary alicyclic amines) is 1. The first-order valence-electron chi connectivity index (χ1n) is 8.95. The molecule has 2 fully saturated rings. The van der Waals surface area contributed by atoms with E-state index in [-0.39, 0.29) is 30.2 Å². The molecule has 4 rings (SSSR count). The summed E-state index contributed by atoms with van der Waals surface area (Å²) in [5, 5.41) is 1.90. The lowest BCUT2D eigenvalue weighted by atomic mass is 10.0. The third-order valence-corrected chi connectivity index (χ3v) is 5.71. The zero-order chi connectivity index (χ0) is 18.8. The van der Waals surface area contributed by atoms with Crippen molar-refractivity contribution in [2.24, 2.45) is 4.99 Å². The number of amides is 3. The van der Waals surface area contributed by atoms with Crippen LogP contribution < -0.4 is 4.90 Å². The topological polar surface area (TPSA) is 70.1 Å². The second-order valence-corrected chi connectivity index (χ2v) is 7.57. The summed E-state index contributed by atoms with van der Waals surface area (Å²) in [7, 11) is 0. The molecule has 2 saturated heterocycles. The van der Waals surface area contributed by atoms with Crippen LogP contribution in [0.4, 0.5) is 5.69 Å². The van der Waals surface area contributed by atoms with Gasteiger partial charge in [-0.25, -0.2) is 4.90 Å². The Morgan fingerprint density at radius 2 is 1.78 bits per heavy atom. The van der Waals surface area contributed by atoms with Crippen molar-refractivity contribution in [3.05, 3.63) is 52.7 Å². The van der Waals surface area contributed by atoms with Gasteiger partial charge < -0.3 is 4.90 Å². The SMILES string of the molecule is O=C(c1cccs1)N1CCC(N=C2CC(=O)N(c3ccccc3)C2=O)CC1. The Hall–Kier alpha value is -2.80. The summed E-state index contributed by atoms with van der Waals surface area (Å²) >= 11 is 1.44. The molecule has 0 saturated carbocycles. The highest BCUT2D eigenvalue weighted by Crippen LogP contribution is 2.23. The van der Waals surface area contributed by atoms with Crippen LogP contribution in [0.2, 0.25) is 0 Å². The molecule has 138 valence electrons. The number of carbonyl (C=O) groups excluding carboxylic acids is 3. The summed E-state index contributed by atoms with van der Waals surface area (Å²) in [4.78, 5) is 45.7. The molecule has 2 aromatic rings. The van der Waals surface area contributed by atoms with Crippen LogP contribution >= 0.6 is 11.3 Å². The van der Waals surface area contributed by atoms with E-state index in [0.717, 1.165) is 4.88 Å². The lowest BCUT2D eigenvalue weighted by molar-refractivity contribution is -0.120. The number of rotatable bonds is 3. The van der Waals surface area contributed by atoms with Crippen molar-refractivity contribution in [3.63, 3.8) is 0 Å². The van der Waals surface area contributed by atoms with Crippen LogP contribution in [-0.2, 0) is 9.59 Å². The first-order chi connectivity index (χ1) is 13.1. The van der Waals surface area contributed by atoms with Crippen LogP contribution in [-0.4, -0.2) is 47.5 Å². The molecule has 6 nitrogen and oxygen atoms in total. The molecule has 7 heteroatoms. The van der Waals surface area contributed by atoms with Crippen molar-refractivity contribution in [3.8, 4) is 0 Å². The minimum Gasteiger partial charge on any atom is -0.338 e. The van der Waals surface area contributed by atoms with E-state index in [0.29, 0.717) is 37.3 Å². The van der Waals surface area contributed by atoms with Crippen LogP contribution in [0.25, 0.3) is 0 Å². The fourth-order valence-electron chi connectivity index (χ4n) is 3.45. The van der Waals surface area contributed by atoms with Gasteiger partial charge in [-0.3, -0.25) is 19.4 Å². The summed E-state index contributed by atoms with van der Waals surface area (Å²) in [6, 6.07) is 12.6. The number of anilines is 1. The van der Waals surface area contributed by atoms with Gasteiger partial charge in [-0.1, -0.05) is 24.3 Å². The van der Waals surface area contributed by atoms with Crippen LogP contribution in [0.5, 0.6) is 0 Å². The highest BCUT2D eigenvalue weighted by Gasteiger charge is 2.37. The largest absolute Gasteiger partial charge is 0.338 e. The molecule has 0 radical (unpaired) electrons. The van der Waals surface area contributed by atoms with E-state index in [1.807, 2.05) is 28.5 Å². The maximum atomic E-state index is 12.6. The van der Waals surface area contributed by atoms with Gasteiger partial charge in [-0.05, 0) is 36.4 Å². The van der Waals surface area contributed by atoms with Gasteiger partial charge in [0.1, 0.15) is 5.71 Å². The van der Waals surface area contributed by atoms with Gasteiger partial charge in [0.15, 0.2) is 0 Å². The molecule has 0 unspecified atom stereocenters. The standard InChI is InChI=1S/C20H19N3O3S/c24-18-13-16(19(25)23(18)15-5-2-1-3-6-15)21-14-8-10-22(11-9-14)20(26)17-7-4-12-27-17/h1-7,12,14H,8-11,13H2. The molecule has 27 heavy (non-hydrogen) atoms. The third kappa shape index (κ3) is 3.55. The molecule has 0 bridgehead atoms. The average molecular weight is 381 g/mol. The van der Waals surface area contributed by atoms with Gasteiger partial charge in [0.25, 0.3) is 11.8 Å². The molecule has 1 aromatic carbocycles. The average Bonchev–Trinajstić information content (AvgIpc) is 3.31. The molecule has 1 aromatic heterocycles. The Morgan fingerprint density at radius 1 is 1.04 bits per heavy atom. The molecule has 0 N–H and O–H groups in total. The summed E-state index contributed by atoms with van der Waals surface area (Å²) < 4.78 is 0. The summed E-state index contributed by atoms with van der Waals surface area (Å²) in [5.74, 6) is -0.517. The van der Waals surface area contributed by atoms with E-state index in [1.165, 1.54) is 16.2 Å². The molecule has 3 amide bonds. The summed E-state index contributed by atoms with van der Waals surface area (Å²) in [6.45, 7) is 1.23. The first kappa shape index (κ1) is 17.6. The van der Waals surface area contributed by atoms with Crippen molar-refractivity contribution in [1.82, 2.24) is 4.90 Å². The highest BCUT2D eigenvalue weighted by atomic mass is 32.1. The van der Waals surface area contributed by atoms with Gasteiger partial charge in [0.05, 0.1) is 23.0 Å². The molecular weight excluding hydrogens is 362 g/mol. The number of imide groups is 1. The van der Waals surface area contributed by atoms with Gasteiger partial charge in [0.2, 0.25) is 5.91 Å². The molecule has 3 heterocycles. The van der Waals surface area contributed by atoms with Crippen molar-refractivity contribution in [1.29, 1.82) is 0 Å². The smallest absolute Gasteiger partial charge is 0.279 e. The number of carbonyl (C=O) groups is 3. The molecular formula is C20H19N3O3S. The van der Waals surface area contributed by atoms with Gasteiger partial charge >= 0.3 is 0 Å². The lowest BCUT2D eigenvalue weighted by Crippen LogP contribution is -2.39. The number of hydrogen-bond acceptors (Lipinski definition) is 5.